The summed E-state index contributed by atoms with van der Waals surface area (Å²) in [5.41, 5.74) is 0. The largest absolute Gasteiger partial charge is 0.353 e. The summed E-state index contributed by atoms with van der Waals surface area (Å²) >= 11 is 0. The van der Waals surface area contributed by atoms with E-state index < -0.39 is 16.3 Å². The average Bonchev–Trinajstić information content (AvgIpc) is 2.38. The van der Waals surface area contributed by atoms with E-state index >= 15 is 0 Å². The average molecular weight is 306 g/mol. The van der Waals surface area contributed by atoms with Gasteiger partial charge in [0.25, 0.3) is 10.2 Å². The summed E-state index contributed by atoms with van der Waals surface area (Å²) in [4.78, 5) is 13.8. The lowest BCUT2D eigenvalue weighted by molar-refractivity contribution is -0.122. The van der Waals surface area contributed by atoms with E-state index in [1.165, 1.54) is 4.31 Å². The highest BCUT2D eigenvalue weighted by Crippen LogP contribution is 2.12. The zero-order valence-corrected chi connectivity index (χ0v) is 13.4. The predicted octanol–water partition coefficient (Wildman–Crippen LogP) is -0.627. The second kappa shape index (κ2) is 7.92. The molecule has 0 aliphatic carbocycles. The lowest BCUT2D eigenvalue weighted by atomic mass is 10.2. The fourth-order valence-electron chi connectivity index (χ4n) is 2.01. The van der Waals surface area contributed by atoms with Crippen molar-refractivity contribution in [3.8, 4) is 0 Å². The molecule has 0 aromatic heterocycles. The van der Waals surface area contributed by atoms with Crippen LogP contribution in [0.4, 0.5) is 0 Å². The Hall–Kier alpha value is -0.700. The lowest BCUT2D eigenvalue weighted by Crippen LogP contribution is -2.51. The monoisotopic (exact) mass is 306 g/mol. The van der Waals surface area contributed by atoms with Gasteiger partial charge >= 0.3 is 0 Å². The van der Waals surface area contributed by atoms with Crippen LogP contribution in [0.1, 0.15) is 26.2 Å². The number of carbonyl (C=O) groups excluding carboxylic acids is 1. The Morgan fingerprint density at radius 2 is 1.85 bits per heavy atom. The Labute approximate surface area is 121 Å². The number of nitrogens with zero attached hydrogens (tertiary/aromatic N) is 2. The van der Waals surface area contributed by atoms with Gasteiger partial charge in [0.05, 0.1) is 6.04 Å². The van der Waals surface area contributed by atoms with Crippen molar-refractivity contribution in [2.45, 2.75) is 32.2 Å². The van der Waals surface area contributed by atoms with Gasteiger partial charge in [0, 0.05) is 26.2 Å². The minimum absolute atomic E-state index is 0.299. The Kier molecular flexibility index (Phi) is 6.87. The van der Waals surface area contributed by atoms with Gasteiger partial charge in [-0.05, 0) is 33.9 Å². The standard InChI is InChI=1S/C12H26N4O3S/c1-11(12(17)13-7-10-15(2)3)14-20(18,19)16-8-5-4-6-9-16/h11,14H,4-10H2,1-3H3,(H,13,17)/t11-/m0/s1. The molecule has 0 aromatic carbocycles. The first kappa shape index (κ1) is 17.4. The number of hydrogen-bond donors (Lipinski definition) is 2. The lowest BCUT2D eigenvalue weighted by Gasteiger charge is -2.27. The minimum Gasteiger partial charge on any atom is -0.353 e. The number of piperidine rings is 1. The third-order valence-electron chi connectivity index (χ3n) is 3.23. The third-order valence-corrected chi connectivity index (χ3v) is 4.93. The van der Waals surface area contributed by atoms with Crippen LogP contribution in [0.3, 0.4) is 0 Å². The Morgan fingerprint density at radius 1 is 1.25 bits per heavy atom. The molecule has 20 heavy (non-hydrogen) atoms. The van der Waals surface area contributed by atoms with Gasteiger partial charge in [-0.25, -0.2) is 0 Å². The van der Waals surface area contributed by atoms with Crippen LogP contribution < -0.4 is 10.0 Å². The van der Waals surface area contributed by atoms with Gasteiger partial charge in [0.2, 0.25) is 5.91 Å². The zero-order valence-electron chi connectivity index (χ0n) is 12.6. The van der Waals surface area contributed by atoms with Crippen molar-refractivity contribution >= 4 is 16.1 Å². The second-order valence-corrected chi connectivity index (χ2v) is 7.10. The Morgan fingerprint density at radius 3 is 2.40 bits per heavy atom. The molecule has 118 valence electrons. The van der Waals surface area contributed by atoms with Crippen LogP contribution in [0.15, 0.2) is 0 Å². The molecule has 1 fully saturated rings. The van der Waals surface area contributed by atoms with Crippen LogP contribution in [0.25, 0.3) is 0 Å². The molecule has 1 aliphatic heterocycles. The summed E-state index contributed by atoms with van der Waals surface area (Å²) in [6.45, 7) is 3.85. The molecule has 1 rings (SSSR count). The van der Waals surface area contributed by atoms with E-state index in [0.29, 0.717) is 19.6 Å². The first-order valence-electron chi connectivity index (χ1n) is 7.03. The highest BCUT2D eigenvalue weighted by molar-refractivity contribution is 7.87. The molecule has 0 radical (unpaired) electrons. The van der Waals surface area contributed by atoms with Gasteiger partial charge in [0.1, 0.15) is 0 Å². The van der Waals surface area contributed by atoms with Crippen molar-refractivity contribution in [3.63, 3.8) is 0 Å². The van der Waals surface area contributed by atoms with Crippen LogP contribution in [0, 0.1) is 0 Å². The molecule has 8 heteroatoms. The molecule has 0 aromatic rings. The van der Waals surface area contributed by atoms with Gasteiger partial charge in [-0.2, -0.15) is 17.4 Å². The maximum absolute atomic E-state index is 12.1. The van der Waals surface area contributed by atoms with Crippen LogP contribution in [-0.2, 0) is 15.0 Å². The topological polar surface area (TPSA) is 81.8 Å². The summed E-state index contributed by atoms with van der Waals surface area (Å²) in [6.07, 6.45) is 2.82. The van der Waals surface area contributed by atoms with E-state index in [0.717, 1.165) is 25.8 Å². The predicted molar refractivity (Wildman–Crippen MR) is 78.5 cm³/mol. The molecule has 2 N–H and O–H groups in total. The van der Waals surface area contributed by atoms with Crippen molar-refractivity contribution in [1.82, 2.24) is 19.2 Å². The summed E-state index contributed by atoms with van der Waals surface area (Å²) in [5.74, 6) is -0.299. The van der Waals surface area contributed by atoms with Crippen molar-refractivity contribution in [3.05, 3.63) is 0 Å². The molecular weight excluding hydrogens is 280 g/mol. The van der Waals surface area contributed by atoms with Gasteiger partial charge in [-0.15, -0.1) is 0 Å². The molecular formula is C12H26N4O3S. The number of hydrogen-bond acceptors (Lipinski definition) is 4. The van der Waals surface area contributed by atoms with Crippen LogP contribution in [0.2, 0.25) is 0 Å². The SMILES string of the molecule is C[C@H](NS(=O)(=O)N1CCCCC1)C(=O)NCCN(C)C. The van der Waals surface area contributed by atoms with Crippen LogP contribution in [0.5, 0.6) is 0 Å². The summed E-state index contributed by atoms with van der Waals surface area (Å²) in [5, 5.41) is 2.71. The maximum Gasteiger partial charge on any atom is 0.280 e. The fourth-order valence-corrected chi connectivity index (χ4v) is 3.45. The van der Waals surface area contributed by atoms with E-state index in [1.54, 1.807) is 6.92 Å². The first-order chi connectivity index (χ1) is 9.33. The van der Waals surface area contributed by atoms with E-state index in [4.69, 9.17) is 0 Å². The zero-order chi connectivity index (χ0) is 15.2. The van der Waals surface area contributed by atoms with Gasteiger partial charge in [0.15, 0.2) is 0 Å². The minimum atomic E-state index is -3.56. The number of likely N-dealkylation sites (N-methyl/N-ethyl adjacent to an activating group) is 1. The number of nitrogens with one attached hydrogen (secondary N) is 2. The normalized spacial score (nSPS) is 19.0. The second-order valence-electron chi connectivity index (χ2n) is 5.40. The van der Waals surface area contributed by atoms with Crippen molar-refractivity contribution in [2.75, 3.05) is 40.3 Å². The maximum atomic E-state index is 12.1. The van der Waals surface area contributed by atoms with Gasteiger partial charge in [-0.1, -0.05) is 6.42 Å². The molecule has 0 saturated carbocycles. The van der Waals surface area contributed by atoms with E-state index in [9.17, 15) is 13.2 Å². The van der Waals surface area contributed by atoms with Gasteiger partial charge in [-0.3, -0.25) is 4.79 Å². The summed E-state index contributed by atoms with van der Waals surface area (Å²) in [7, 11) is 0.266. The molecule has 7 nitrogen and oxygen atoms in total. The van der Waals surface area contributed by atoms with Crippen molar-refractivity contribution < 1.29 is 13.2 Å². The number of carbonyl (C=O) groups is 1. The highest BCUT2D eigenvalue weighted by atomic mass is 32.2. The first-order valence-corrected chi connectivity index (χ1v) is 8.47. The Bertz CT molecular complexity index is 405. The van der Waals surface area contributed by atoms with Crippen molar-refractivity contribution in [2.24, 2.45) is 0 Å². The highest BCUT2D eigenvalue weighted by Gasteiger charge is 2.27. The molecule has 1 atom stereocenters. The van der Waals surface area contributed by atoms with E-state index in [1.807, 2.05) is 19.0 Å². The number of rotatable bonds is 7. The van der Waals surface area contributed by atoms with Crippen molar-refractivity contribution in [1.29, 1.82) is 0 Å². The smallest absolute Gasteiger partial charge is 0.280 e. The molecule has 1 saturated heterocycles. The molecule has 1 amide bonds. The fraction of sp³-hybridized carbons (Fsp3) is 0.917. The number of amides is 1. The molecule has 0 unspecified atom stereocenters. The van der Waals surface area contributed by atoms with Gasteiger partial charge < -0.3 is 10.2 Å². The molecule has 1 heterocycles. The molecule has 0 spiro atoms. The molecule has 1 aliphatic rings. The van der Waals surface area contributed by atoms with E-state index in [-0.39, 0.29) is 5.91 Å². The van der Waals surface area contributed by atoms with E-state index in [2.05, 4.69) is 10.0 Å². The van der Waals surface area contributed by atoms with Crippen LogP contribution >= 0.6 is 0 Å². The summed E-state index contributed by atoms with van der Waals surface area (Å²) in [6, 6.07) is -0.760. The Balaban J connectivity index is 2.43. The quantitative estimate of drug-likeness (QED) is 0.656. The summed E-state index contributed by atoms with van der Waals surface area (Å²) < 4.78 is 28.1. The van der Waals surface area contributed by atoms with Crippen LogP contribution in [-0.4, -0.2) is 69.8 Å². The third kappa shape index (κ3) is 5.74. The molecule has 0 bridgehead atoms.